The van der Waals surface area contributed by atoms with Gasteiger partial charge in [-0.25, -0.2) is 0 Å². The second kappa shape index (κ2) is 8.50. The molecule has 0 fully saturated rings. The third kappa shape index (κ3) is 4.41. The molecule has 0 aliphatic heterocycles. The van der Waals surface area contributed by atoms with Crippen molar-refractivity contribution in [3.05, 3.63) is 42.5 Å². The first-order valence-electron chi connectivity index (χ1n) is 8.50. The third-order valence-electron chi connectivity index (χ3n) is 4.60. The van der Waals surface area contributed by atoms with Crippen molar-refractivity contribution in [2.24, 2.45) is 5.92 Å². The van der Waals surface area contributed by atoms with Crippen molar-refractivity contribution in [2.75, 3.05) is 5.88 Å². The number of hydrogen-bond acceptors (Lipinski definition) is 2. The fraction of sp³-hybridized carbons (Fsp3) is 0.550. The first-order valence-corrected chi connectivity index (χ1v) is 10.8. The van der Waals surface area contributed by atoms with Crippen LogP contribution in [0.25, 0.3) is 0 Å². The maximum absolute atomic E-state index is 14.4. The topological polar surface area (TPSA) is 34.1 Å². The fourth-order valence-corrected chi connectivity index (χ4v) is 7.57. The van der Waals surface area contributed by atoms with Gasteiger partial charge in [0.15, 0.2) is 0 Å². The highest BCUT2D eigenvalue weighted by molar-refractivity contribution is 7.73. The van der Waals surface area contributed by atoms with Gasteiger partial charge in [-0.1, -0.05) is 77.1 Å². The van der Waals surface area contributed by atoms with Gasteiger partial charge in [0.05, 0.1) is 0 Å². The van der Waals surface area contributed by atoms with E-state index < -0.39 is 12.3 Å². The summed E-state index contributed by atoms with van der Waals surface area (Å²) in [7, 11) is -2.90. The van der Waals surface area contributed by atoms with Gasteiger partial charge in [0, 0.05) is 34.8 Å². The Hall–Kier alpha value is -0.850. The lowest BCUT2D eigenvalue weighted by atomic mass is 9.96. The Kier molecular flexibility index (Phi) is 7.50. The van der Waals surface area contributed by atoms with Crippen LogP contribution in [0.5, 0.6) is 0 Å². The van der Waals surface area contributed by atoms with Gasteiger partial charge in [0.2, 0.25) is 0 Å². The summed E-state index contributed by atoms with van der Waals surface area (Å²) in [4.78, 5) is 12.0. The number of Topliss-reactive ketones (excluding diaryl/α,β-unsaturated/α-hetero) is 1. The van der Waals surface area contributed by atoms with Gasteiger partial charge in [-0.15, -0.1) is 11.6 Å². The number of rotatable bonds is 8. The smallest absolute Gasteiger partial charge is 0.132 e. The van der Waals surface area contributed by atoms with Crippen molar-refractivity contribution in [1.29, 1.82) is 0 Å². The summed E-state index contributed by atoms with van der Waals surface area (Å²) in [6.07, 6.45) is 0.902. The predicted octanol–water partition coefficient (Wildman–Crippen LogP) is 5.64. The lowest BCUT2D eigenvalue weighted by Gasteiger charge is -2.41. The SMILES string of the molecule is C=C(CCl)[C@@H]([C@H](C)CC(=O)CC)P(=O)(c1ccccc1)C(C)(C)C. The second-order valence-electron chi connectivity index (χ2n) is 7.47. The van der Waals surface area contributed by atoms with Crippen LogP contribution in [0.2, 0.25) is 0 Å². The molecule has 0 aromatic heterocycles. The number of allylic oxidation sites excluding steroid dienone is 1. The maximum Gasteiger partial charge on any atom is 0.132 e. The Morgan fingerprint density at radius 1 is 1.25 bits per heavy atom. The Morgan fingerprint density at radius 2 is 1.79 bits per heavy atom. The van der Waals surface area contributed by atoms with E-state index in [2.05, 4.69) is 6.58 Å². The first-order chi connectivity index (χ1) is 11.1. The minimum absolute atomic E-state index is 0.0611. The molecule has 1 rings (SSSR count). The number of carbonyl (C=O) groups is 1. The molecule has 1 aromatic rings. The summed E-state index contributed by atoms with van der Waals surface area (Å²) < 4.78 is 14.4. The molecular formula is C20H30ClO2P. The van der Waals surface area contributed by atoms with Crippen LogP contribution in [0.15, 0.2) is 42.5 Å². The lowest BCUT2D eigenvalue weighted by Crippen LogP contribution is -2.36. The van der Waals surface area contributed by atoms with Crippen LogP contribution in [0.4, 0.5) is 0 Å². The van der Waals surface area contributed by atoms with Crippen LogP contribution in [-0.4, -0.2) is 22.5 Å². The quantitative estimate of drug-likeness (QED) is 0.338. The molecule has 1 unspecified atom stereocenters. The number of ketones is 1. The van der Waals surface area contributed by atoms with Crippen LogP contribution in [0.1, 0.15) is 47.5 Å². The van der Waals surface area contributed by atoms with Gasteiger partial charge in [-0.2, -0.15) is 0 Å². The molecule has 0 spiro atoms. The molecule has 0 saturated heterocycles. The molecule has 3 atom stereocenters. The number of halogens is 1. The molecule has 2 nitrogen and oxygen atoms in total. The summed E-state index contributed by atoms with van der Waals surface area (Å²) in [6, 6.07) is 9.60. The second-order valence-corrected chi connectivity index (χ2v) is 11.5. The Balaban J connectivity index is 3.51. The van der Waals surface area contributed by atoms with Crippen LogP contribution < -0.4 is 5.30 Å². The fourth-order valence-electron chi connectivity index (χ4n) is 3.33. The number of alkyl halides is 1. The van der Waals surface area contributed by atoms with Crippen molar-refractivity contribution in [3.8, 4) is 0 Å². The van der Waals surface area contributed by atoms with Crippen LogP contribution >= 0.6 is 18.7 Å². The monoisotopic (exact) mass is 368 g/mol. The van der Waals surface area contributed by atoms with E-state index in [0.29, 0.717) is 12.8 Å². The zero-order chi connectivity index (χ0) is 18.5. The van der Waals surface area contributed by atoms with E-state index in [1.54, 1.807) is 0 Å². The minimum atomic E-state index is -2.90. The number of benzene rings is 1. The minimum Gasteiger partial charge on any atom is -0.317 e. The van der Waals surface area contributed by atoms with Crippen molar-refractivity contribution >= 4 is 29.8 Å². The van der Waals surface area contributed by atoms with Crippen LogP contribution in [0, 0.1) is 5.92 Å². The molecule has 134 valence electrons. The lowest BCUT2D eigenvalue weighted by molar-refractivity contribution is -0.119. The molecule has 24 heavy (non-hydrogen) atoms. The van der Waals surface area contributed by atoms with E-state index in [1.807, 2.05) is 65.0 Å². The van der Waals surface area contributed by atoms with Gasteiger partial charge in [-0.05, 0) is 5.92 Å². The zero-order valence-electron chi connectivity index (χ0n) is 15.5. The van der Waals surface area contributed by atoms with E-state index in [0.717, 1.165) is 10.9 Å². The number of hydrogen-bond donors (Lipinski definition) is 0. The molecule has 0 amide bonds. The van der Waals surface area contributed by atoms with Crippen molar-refractivity contribution in [3.63, 3.8) is 0 Å². The molecule has 1 aromatic carbocycles. The molecule has 0 saturated carbocycles. The Morgan fingerprint density at radius 3 is 2.21 bits per heavy atom. The highest BCUT2D eigenvalue weighted by Crippen LogP contribution is 2.64. The van der Waals surface area contributed by atoms with E-state index in [1.165, 1.54) is 0 Å². The van der Waals surface area contributed by atoms with Crippen molar-refractivity contribution in [1.82, 2.24) is 0 Å². The van der Waals surface area contributed by atoms with Crippen molar-refractivity contribution < 1.29 is 9.36 Å². The van der Waals surface area contributed by atoms with Crippen LogP contribution in [0.3, 0.4) is 0 Å². The van der Waals surface area contributed by atoms with Gasteiger partial charge >= 0.3 is 0 Å². The van der Waals surface area contributed by atoms with Gasteiger partial charge in [-0.3, -0.25) is 4.79 Å². The summed E-state index contributed by atoms with van der Waals surface area (Å²) in [5.74, 6) is 0.375. The molecule has 4 heteroatoms. The molecule has 0 N–H and O–H groups in total. The summed E-state index contributed by atoms with van der Waals surface area (Å²) in [5, 5.41) is 0.391. The standard InChI is InChI=1S/C20H30ClO2P/c1-7-17(22)13-15(2)19(16(3)14-21)24(23,20(4,5)6)18-11-9-8-10-12-18/h8-12,15,19H,3,7,13-14H2,1-2,4-6H3/t15-,19-,24?/m1/s1. The van der Waals surface area contributed by atoms with E-state index >= 15 is 0 Å². The molecule has 0 aliphatic carbocycles. The molecule has 0 bridgehead atoms. The van der Waals surface area contributed by atoms with Gasteiger partial charge in [0.1, 0.15) is 12.9 Å². The highest BCUT2D eigenvalue weighted by Gasteiger charge is 2.47. The van der Waals surface area contributed by atoms with Crippen LogP contribution in [-0.2, 0) is 9.36 Å². The third-order valence-corrected chi connectivity index (χ3v) is 9.66. The van der Waals surface area contributed by atoms with E-state index in [4.69, 9.17) is 11.6 Å². The van der Waals surface area contributed by atoms with Gasteiger partial charge < -0.3 is 4.57 Å². The molecule has 0 heterocycles. The summed E-state index contributed by atoms with van der Waals surface area (Å²) in [5.41, 5.74) is 0.461. The maximum atomic E-state index is 14.4. The molecule has 0 aliphatic rings. The Bertz CT molecular complexity index is 616. The Labute approximate surface area is 152 Å². The molecule has 0 radical (unpaired) electrons. The molecular weight excluding hydrogens is 339 g/mol. The van der Waals surface area contributed by atoms with E-state index in [-0.39, 0.29) is 23.2 Å². The summed E-state index contributed by atoms with van der Waals surface area (Å²) >= 11 is 6.10. The average Bonchev–Trinajstić information content (AvgIpc) is 2.54. The average molecular weight is 369 g/mol. The van der Waals surface area contributed by atoms with Gasteiger partial charge in [0.25, 0.3) is 0 Å². The normalized spacial score (nSPS) is 16.9. The highest BCUT2D eigenvalue weighted by atomic mass is 35.5. The zero-order valence-corrected chi connectivity index (χ0v) is 17.2. The first kappa shape index (κ1) is 21.2. The number of carbonyl (C=O) groups excluding carboxylic acids is 1. The van der Waals surface area contributed by atoms with E-state index in [9.17, 15) is 9.36 Å². The predicted molar refractivity (Wildman–Crippen MR) is 106 cm³/mol. The van der Waals surface area contributed by atoms with Crippen molar-refractivity contribution in [2.45, 2.75) is 58.3 Å². The summed E-state index contributed by atoms with van der Waals surface area (Å²) in [6.45, 7) is 14.0. The largest absolute Gasteiger partial charge is 0.317 e.